The summed E-state index contributed by atoms with van der Waals surface area (Å²) < 4.78 is 5.85. The van der Waals surface area contributed by atoms with Crippen LogP contribution in [0, 0.1) is 0 Å². The molecular weight excluding hydrogens is 288 g/mol. The smallest absolute Gasteiger partial charge is 0.175 e. The van der Waals surface area contributed by atoms with Crippen molar-refractivity contribution in [2.24, 2.45) is 10.9 Å². The minimum atomic E-state index is -0.0874. The lowest BCUT2D eigenvalue weighted by molar-refractivity contribution is 0.318. The second-order valence-electron chi connectivity index (χ2n) is 4.93. The molecule has 0 amide bonds. The summed E-state index contributed by atoms with van der Waals surface area (Å²) in [7, 11) is 0. The maximum absolute atomic E-state index is 8.87. The number of rotatable bonds is 4. The van der Waals surface area contributed by atoms with E-state index in [1.54, 1.807) is 18.2 Å². The van der Waals surface area contributed by atoms with E-state index in [0.717, 1.165) is 0 Å². The molecule has 0 atom stereocenters. The number of ether oxygens (including phenoxy) is 1. The van der Waals surface area contributed by atoms with Gasteiger partial charge in [-0.2, -0.15) is 0 Å². The largest absolute Gasteiger partial charge is 0.457 e. The SMILES string of the molecule is CC(C)c1cccc(Oc2cccc(Cl)c2C(N)=NO)c1. The molecule has 0 heterocycles. The van der Waals surface area contributed by atoms with Crippen LogP contribution >= 0.6 is 11.6 Å². The van der Waals surface area contributed by atoms with E-state index in [-0.39, 0.29) is 5.84 Å². The zero-order valence-corrected chi connectivity index (χ0v) is 12.6. The first-order valence-electron chi connectivity index (χ1n) is 6.57. The summed E-state index contributed by atoms with van der Waals surface area (Å²) in [5.41, 5.74) is 7.20. The molecule has 0 aliphatic rings. The van der Waals surface area contributed by atoms with Crippen molar-refractivity contribution in [3.8, 4) is 11.5 Å². The molecule has 0 unspecified atom stereocenters. The lowest BCUT2D eigenvalue weighted by Gasteiger charge is -2.13. The molecule has 0 saturated heterocycles. The van der Waals surface area contributed by atoms with Crippen LogP contribution in [0.2, 0.25) is 5.02 Å². The molecule has 0 aliphatic heterocycles. The van der Waals surface area contributed by atoms with Crippen molar-refractivity contribution < 1.29 is 9.94 Å². The minimum Gasteiger partial charge on any atom is -0.457 e. The van der Waals surface area contributed by atoms with Gasteiger partial charge in [0.25, 0.3) is 0 Å². The van der Waals surface area contributed by atoms with Gasteiger partial charge in [0.05, 0.1) is 10.6 Å². The molecule has 5 heteroatoms. The number of halogens is 1. The third-order valence-corrected chi connectivity index (χ3v) is 3.41. The van der Waals surface area contributed by atoms with Crippen molar-refractivity contribution in [3.63, 3.8) is 0 Å². The molecule has 2 rings (SSSR count). The van der Waals surface area contributed by atoms with Gasteiger partial charge in [-0.05, 0) is 35.7 Å². The second kappa shape index (κ2) is 6.50. The van der Waals surface area contributed by atoms with Gasteiger partial charge in [-0.1, -0.05) is 48.8 Å². The summed E-state index contributed by atoms with van der Waals surface area (Å²) in [5.74, 6) is 1.43. The van der Waals surface area contributed by atoms with E-state index in [4.69, 9.17) is 27.3 Å². The van der Waals surface area contributed by atoms with Crippen LogP contribution in [0.5, 0.6) is 11.5 Å². The van der Waals surface area contributed by atoms with Gasteiger partial charge in [-0.25, -0.2) is 0 Å². The maximum Gasteiger partial charge on any atom is 0.175 e. The Morgan fingerprint density at radius 3 is 2.62 bits per heavy atom. The highest BCUT2D eigenvalue weighted by Crippen LogP contribution is 2.31. The number of hydrogen-bond acceptors (Lipinski definition) is 3. The highest BCUT2D eigenvalue weighted by molar-refractivity contribution is 6.34. The van der Waals surface area contributed by atoms with Gasteiger partial charge in [-0.3, -0.25) is 0 Å². The molecule has 0 saturated carbocycles. The molecule has 0 bridgehead atoms. The molecule has 110 valence electrons. The fourth-order valence-electron chi connectivity index (χ4n) is 1.95. The summed E-state index contributed by atoms with van der Waals surface area (Å²) in [5, 5.41) is 12.2. The molecule has 21 heavy (non-hydrogen) atoms. The summed E-state index contributed by atoms with van der Waals surface area (Å²) in [6, 6.07) is 12.9. The van der Waals surface area contributed by atoms with Crippen molar-refractivity contribution in [1.29, 1.82) is 0 Å². The summed E-state index contributed by atoms with van der Waals surface area (Å²) in [6.07, 6.45) is 0. The van der Waals surface area contributed by atoms with E-state index in [1.807, 2.05) is 24.3 Å². The Hall–Kier alpha value is -2.20. The predicted octanol–water partition coefficient (Wildman–Crippen LogP) is 4.35. The first-order chi connectivity index (χ1) is 10.0. The molecule has 2 aromatic rings. The lowest BCUT2D eigenvalue weighted by atomic mass is 10.0. The molecule has 0 spiro atoms. The standard InChI is InChI=1S/C16H17ClN2O2/c1-10(2)11-5-3-6-12(9-11)21-14-8-4-7-13(17)15(14)16(18)19-20/h3-10,20H,1-2H3,(H2,18,19). The van der Waals surface area contributed by atoms with E-state index in [9.17, 15) is 0 Å². The number of hydrogen-bond donors (Lipinski definition) is 2. The fourth-order valence-corrected chi connectivity index (χ4v) is 2.21. The number of nitrogens with zero attached hydrogens (tertiary/aromatic N) is 1. The van der Waals surface area contributed by atoms with Crippen molar-refractivity contribution in [3.05, 3.63) is 58.6 Å². The topological polar surface area (TPSA) is 67.8 Å². The number of amidine groups is 1. The number of benzene rings is 2. The molecule has 0 aromatic heterocycles. The Balaban J connectivity index is 2.40. The van der Waals surface area contributed by atoms with Gasteiger partial charge >= 0.3 is 0 Å². The zero-order valence-electron chi connectivity index (χ0n) is 11.9. The number of oxime groups is 1. The monoisotopic (exact) mass is 304 g/mol. The van der Waals surface area contributed by atoms with E-state index in [0.29, 0.717) is 28.0 Å². The maximum atomic E-state index is 8.87. The van der Waals surface area contributed by atoms with Gasteiger partial charge in [0.15, 0.2) is 5.84 Å². The molecule has 0 aliphatic carbocycles. The number of nitrogens with two attached hydrogens (primary N) is 1. The van der Waals surface area contributed by atoms with Crippen LogP contribution in [-0.2, 0) is 0 Å². The van der Waals surface area contributed by atoms with Crippen LogP contribution in [0.1, 0.15) is 30.9 Å². The summed E-state index contributed by atoms with van der Waals surface area (Å²) in [6.45, 7) is 4.22. The van der Waals surface area contributed by atoms with Gasteiger partial charge < -0.3 is 15.7 Å². The molecule has 3 N–H and O–H groups in total. The predicted molar refractivity (Wildman–Crippen MR) is 84.6 cm³/mol. The van der Waals surface area contributed by atoms with Crippen molar-refractivity contribution in [1.82, 2.24) is 0 Å². The Kier molecular flexibility index (Phi) is 4.70. The quantitative estimate of drug-likeness (QED) is 0.382. The van der Waals surface area contributed by atoms with E-state index in [1.165, 1.54) is 5.56 Å². The zero-order chi connectivity index (χ0) is 15.4. The van der Waals surface area contributed by atoms with Gasteiger partial charge in [-0.15, -0.1) is 0 Å². The summed E-state index contributed by atoms with van der Waals surface area (Å²) >= 11 is 6.10. The molecule has 0 fully saturated rings. The third kappa shape index (κ3) is 3.47. The normalized spacial score (nSPS) is 11.7. The Bertz CT molecular complexity index is 669. The average molecular weight is 305 g/mol. The summed E-state index contributed by atoms with van der Waals surface area (Å²) in [4.78, 5) is 0. The Morgan fingerprint density at radius 2 is 1.95 bits per heavy atom. The fraction of sp³-hybridized carbons (Fsp3) is 0.188. The first kappa shape index (κ1) is 15.2. The van der Waals surface area contributed by atoms with E-state index in [2.05, 4.69) is 19.0 Å². The van der Waals surface area contributed by atoms with Crippen LogP contribution < -0.4 is 10.5 Å². The van der Waals surface area contributed by atoms with Crippen LogP contribution in [0.25, 0.3) is 0 Å². The van der Waals surface area contributed by atoms with Crippen LogP contribution in [0.15, 0.2) is 47.6 Å². The van der Waals surface area contributed by atoms with Crippen LogP contribution in [-0.4, -0.2) is 11.0 Å². The van der Waals surface area contributed by atoms with E-state index >= 15 is 0 Å². The van der Waals surface area contributed by atoms with Gasteiger partial charge in [0.2, 0.25) is 0 Å². The second-order valence-corrected chi connectivity index (χ2v) is 5.33. The Morgan fingerprint density at radius 1 is 1.24 bits per heavy atom. The van der Waals surface area contributed by atoms with E-state index < -0.39 is 0 Å². The average Bonchev–Trinajstić information content (AvgIpc) is 2.47. The van der Waals surface area contributed by atoms with Crippen molar-refractivity contribution >= 4 is 17.4 Å². The molecule has 4 nitrogen and oxygen atoms in total. The first-order valence-corrected chi connectivity index (χ1v) is 6.95. The lowest BCUT2D eigenvalue weighted by Crippen LogP contribution is -2.14. The van der Waals surface area contributed by atoms with Gasteiger partial charge in [0.1, 0.15) is 11.5 Å². The minimum absolute atomic E-state index is 0.0874. The van der Waals surface area contributed by atoms with Gasteiger partial charge in [0, 0.05) is 0 Å². The molecule has 0 radical (unpaired) electrons. The van der Waals surface area contributed by atoms with Crippen molar-refractivity contribution in [2.45, 2.75) is 19.8 Å². The van der Waals surface area contributed by atoms with Crippen LogP contribution in [0.3, 0.4) is 0 Å². The molecule has 2 aromatic carbocycles. The van der Waals surface area contributed by atoms with Crippen molar-refractivity contribution in [2.75, 3.05) is 0 Å². The highest BCUT2D eigenvalue weighted by atomic mass is 35.5. The molecular formula is C16H17ClN2O2. The highest BCUT2D eigenvalue weighted by Gasteiger charge is 2.14. The third-order valence-electron chi connectivity index (χ3n) is 3.09. The Labute approximate surface area is 128 Å². The van der Waals surface area contributed by atoms with Crippen LogP contribution in [0.4, 0.5) is 0 Å².